The molecule has 2 rings (SSSR count). The van der Waals surface area contributed by atoms with Gasteiger partial charge in [-0.05, 0) is 30.7 Å². The lowest BCUT2D eigenvalue weighted by molar-refractivity contribution is 0.146. The Morgan fingerprint density at radius 1 is 1.09 bits per heavy atom. The lowest BCUT2D eigenvalue weighted by atomic mass is 10.0. The predicted octanol–water partition coefficient (Wildman–Crippen LogP) is 2.51. The van der Waals surface area contributed by atoms with E-state index in [2.05, 4.69) is 4.72 Å². The smallest absolute Gasteiger partial charge is 0.216 e. The van der Waals surface area contributed by atoms with Crippen LogP contribution in [0.4, 0.5) is 8.78 Å². The molecular formula is C16H17F2NO3S. The summed E-state index contributed by atoms with van der Waals surface area (Å²) in [4.78, 5) is 0. The second-order valence-electron chi connectivity index (χ2n) is 5.25. The first-order valence-corrected chi connectivity index (χ1v) is 8.60. The van der Waals surface area contributed by atoms with E-state index in [1.165, 1.54) is 49.4 Å². The summed E-state index contributed by atoms with van der Waals surface area (Å²) in [7, 11) is -3.84. The molecule has 2 aromatic rings. The fraction of sp³-hybridized carbons (Fsp3) is 0.250. The van der Waals surface area contributed by atoms with Crippen LogP contribution < -0.4 is 4.72 Å². The van der Waals surface area contributed by atoms with E-state index in [9.17, 15) is 22.3 Å². The first kappa shape index (κ1) is 17.5. The summed E-state index contributed by atoms with van der Waals surface area (Å²) in [5.74, 6) is -1.58. The van der Waals surface area contributed by atoms with Crippen LogP contribution in [-0.4, -0.2) is 19.6 Å². The molecule has 23 heavy (non-hydrogen) atoms. The molecule has 2 aromatic carbocycles. The van der Waals surface area contributed by atoms with Gasteiger partial charge in [-0.1, -0.05) is 30.3 Å². The van der Waals surface area contributed by atoms with Crippen LogP contribution in [0.3, 0.4) is 0 Å². The van der Waals surface area contributed by atoms with Gasteiger partial charge in [0.05, 0.1) is 11.9 Å². The Kier molecular flexibility index (Phi) is 5.46. The molecule has 0 amide bonds. The third-order valence-corrected chi connectivity index (χ3v) is 4.78. The van der Waals surface area contributed by atoms with Gasteiger partial charge >= 0.3 is 0 Å². The highest BCUT2D eigenvalue weighted by Crippen LogP contribution is 2.18. The summed E-state index contributed by atoms with van der Waals surface area (Å²) in [6.07, 6.45) is -1.15. The van der Waals surface area contributed by atoms with Crippen LogP contribution >= 0.6 is 0 Å². The summed E-state index contributed by atoms with van der Waals surface area (Å²) in [6, 6.07) is 9.85. The maximum absolute atomic E-state index is 13.5. The standard InChI is InChI=1S/C16H17F2NO3S/c1-11(16(20)12-6-8-14(17)9-7-12)19-23(21,22)10-13-4-2-3-5-15(13)18/h2-9,11,16,19-20H,10H2,1H3. The number of aliphatic hydroxyl groups excluding tert-OH is 1. The molecule has 0 aliphatic carbocycles. The molecule has 2 N–H and O–H groups in total. The summed E-state index contributed by atoms with van der Waals surface area (Å²) >= 11 is 0. The van der Waals surface area contributed by atoms with Crippen molar-refractivity contribution in [3.05, 3.63) is 71.3 Å². The van der Waals surface area contributed by atoms with Crippen LogP contribution in [0.25, 0.3) is 0 Å². The van der Waals surface area contributed by atoms with Gasteiger partial charge in [0.1, 0.15) is 11.6 Å². The number of halogens is 2. The molecule has 0 bridgehead atoms. The van der Waals surface area contributed by atoms with E-state index in [4.69, 9.17) is 0 Å². The number of nitrogens with one attached hydrogen (secondary N) is 1. The molecule has 0 aliphatic rings. The van der Waals surface area contributed by atoms with Crippen LogP contribution in [-0.2, 0) is 15.8 Å². The summed E-state index contributed by atoms with van der Waals surface area (Å²) in [6.45, 7) is 1.48. The Bertz CT molecular complexity index is 763. The number of benzene rings is 2. The van der Waals surface area contributed by atoms with Gasteiger partial charge in [0.15, 0.2) is 0 Å². The molecule has 4 nitrogen and oxygen atoms in total. The van der Waals surface area contributed by atoms with Crippen molar-refractivity contribution in [1.82, 2.24) is 4.72 Å². The summed E-state index contributed by atoms with van der Waals surface area (Å²) in [5.41, 5.74) is 0.427. The molecule has 0 radical (unpaired) electrons. The molecule has 0 saturated heterocycles. The first-order chi connectivity index (χ1) is 10.8. The fourth-order valence-electron chi connectivity index (χ4n) is 2.16. The highest BCUT2D eigenvalue weighted by atomic mass is 32.2. The summed E-state index contributed by atoms with van der Waals surface area (Å²) < 4.78 is 52.9. The SMILES string of the molecule is CC(NS(=O)(=O)Cc1ccccc1F)C(O)c1ccc(F)cc1. The molecule has 2 unspecified atom stereocenters. The molecule has 2 atom stereocenters. The molecule has 0 fully saturated rings. The Morgan fingerprint density at radius 2 is 1.70 bits per heavy atom. The monoisotopic (exact) mass is 341 g/mol. The highest BCUT2D eigenvalue weighted by molar-refractivity contribution is 7.88. The summed E-state index contributed by atoms with van der Waals surface area (Å²) in [5, 5.41) is 10.1. The second-order valence-corrected chi connectivity index (χ2v) is 7.01. The van der Waals surface area contributed by atoms with E-state index < -0.39 is 39.6 Å². The zero-order valence-corrected chi connectivity index (χ0v) is 13.2. The average molecular weight is 341 g/mol. The number of hydrogen-bond donors (Lipinski definition) is 2. The zero-order chi connectivity index (χ0) is 17.0. The molecule has 124 valence electrons. The normalized spacial score (nSPS) is 14.4. The van der Waals surface area contributed by atoms with Gasteiger partial charge in [-0.3, -0.25) is 0 Å². The van der Waals surface area contributed by atoms with Crippen molar-refractivity contribution in [2.24, 2.45) is 0 Å². The minimum atomic E-state index is -3.84. The van der Waals surface area contributed by atoms with Gasteiger partial charge in [-0.15, -0.1) is 0 Å². The molecule has 0 spiro atoms. The van der Waals surface area contributed by atoms with Crippen molar-refractivity contribution >= 4 is 10.0 Å². The molecule has 0 aliphatic heterocycles. The largest absolute Gasteiger partial charge is 0.387 e. The van der Waals surface area contributed by atoms with Gasteiger partial charge in [-0.2, -0.15) is 0 Å². The number of aliphatic hydroxyl groups is 1. The van der Waals surface area contributed by atoms with Gasteiger partial charge in [0.2, 0.25) is 10.0 Å². The van der Waals surface area contributed by atoms with E-state index in [0.717, 1.165) is 0 Å². The van der Waals surface area contributed by atoms with E-state index in [1.807, 2.05) is 0 Å². The van der Waals surface area contributed by atoms with Crippen LogP contribution in [0.2, 0.25) is 0 Å². The maximum atomic E-state index is 13.5. The molecule has 0 heterocycles. The van der Waals surface area contributed by atoms with Crippen molar-refractivity contribution in [1.29, 1.82) is 0 Å². The van der Waals surface area contributed by atoms with Crippen LogP contribution in [0.15, 0.2) is 48.5 Å². The van der Waals surface area contributed by atoms with Crippen molar-refractivity contribution in [3.8, 4) is 0 Å². The number of rotatable bonds is 6. The van der Waals surface area contributed by atoms with Gasteiger partial charge in [0, 0.05) is 11.6 Å². The van der Waals surface area contributed by atoms with Gasteiger partial charge in [-0.25, -0.2) is 21.9 Å². The second kappa shape index (κ2) is 7.16. The Balaban J connectivity index is 2.07. The van der Waals surface area contributed by atoms with Crippen molar-refractivity contribution in [3.63, 3.8) is 0 Å². The zero-order valence-electron chi connectivity index (χ0n) is 12.4. The molecule has 0 aromatic heterocycles. The first-order valence-electron chi connectivity index (χ1n) is 6.95. The molecular weight excluding hydrogens is 324 g/mol. The molecule has 7 heteroatoms. The van der Waals surface area contributed by atoms with E-state index in [0.29, 0.717) is 5.56 Å². The van der Waals surface area contributed by atoms with Crippen LogP contribution in [0.5, 0.6) is 0 Å². The van der Waals surface area contributed by atoms with Crippen molar-refractivity contribution in [2.45, 2.75) is 24.8 Å². The topological polar surface area (TPSA) is 66.4 Å². The number of sulfonamides is 1. The minimum absolute atomic E-state index is 0.0449. The lowest BCUT2D eigenvalue weighted by Crippen LogP contribution is -2.37. The predicted molar refractivity (Wildman–Crippen MR) is 83.0 cm³/mol. The van der Waals surface area contributed by atoms with Crippen molar-refractivity contribution < 1.29 is 22.3 Å². The Hall–Kier alpha value is -1.83. The maximum Gasteiger partial charge on any atom is 0.216 e. The number of hydrogen-bond acceptors (Lipinski definition) is 3. The Labute approximate surface area is 133 Å². The van der Waals surface area contributed by atoms with Crippen LogP contribution in [0.1, 0.15) is 24.2 Å². The van der Waals surface area contributed by atoms with E-state index in [-0.39, 0.29) is 5.56 Å². The van der Waals surface area contributed by atoms with E-state index in [1.54, 1.807) is 6.07 Å². The van der Waals surface area contributed by atoms with Crippen LogP contribution in [0, 0.1) is 11.6 Å². The Morgan fingerprint density at radius 3 is 2.30 bits per heavy atom. The van der Waals surface area contributed by atoms with Gasteiger partial charge < -0.3 is 5.11 Å². The van der Waals surface area contributed by atoms with Gasteiger partial charge in [0.25, 0.3) is 0 Å². The quantitative estimate of drug-likeness (QED) is 0.848. The molecule has 0 saturated carbocycles. The average Bonchev–Trinajstić information content (AvgIpc) is 2.49. The van der Waals surface area contributed by atoms with Crippen molar-refractivity contribution in [2.75, 3.05) is 0 Å². The third kappa shape index (κ3) is 4.82. The minimum Gasteiger partial charge on any atom is -0.387 e. The fourth-order valence-corrected chi connectivity index (χ4v) is 3.58. The third-order valence-electron chi connectivity index (χ3n) is 3.35. The lowest BCUT2D eigenvalue weighted by Gasteiger charge is -2.20. The highest BCUT2D eigenvalue weighted by Gasteiger charge is 2.23. The van der Waals surface area contributed by atoms with E-state index >= 15 is 0 Å².